The maximum atomic E-state index is 12.6. The van der Waals surface area contributed by atoms with Crippen LogP contribution in [0.25, 0.3) is 0 Å². The average Bonchev–Trinajstić information content (AvgIpc) is 2.64. The summed E-state index contributed by atoms with van der Waals surface area (Å²) < 4.78 is 5.40. The van der Waals surface area contributed by atoms with Crippen LogP contribution < -0.4 is 20.7 Å². The molecule has 1 unspecified atom stereocenters. The number of nitrogens with one attached hydrogen (secondary N) is 3. The summed E-state index contributed by atoms with van der Waals surface area (Å²) in [6, 6.07) is 7.43. The SMILES string of the molecule is COc1ccccc1C1CNCCN1C(=O)CNC(=O)CNC(C)=O.Cl. The summed E-state index contributed by atoms with van der Waals surface area (Å²) in [4.78, 5) is 36.8. The first kappa shape index (κ1) is 21.7. The lowest BCUT2D eigenvalue weighted by molar-refractivity contribution is -0.135. The Bertz CT molecular complexity index is 641. The smallest absolute Gasteiger partial charge is 0.242 e. The lowest BCUT2D eigenvalue weighted by atomic mass is 10.0. The van der Waals surface area contributed by atoms with E-state index in [1.165, 1.54) is 6.92 Å². The summed E-state index contributed by atoms with van der Waals surface area (Å²) in [6.45, 7) is 2.94. The monoisotopic (exact) mass is 384 g/mol. The van der Waals surface area contributed by atoms with Crippen molar-refractivity contribution in [1.82, 2.24) is 20.9 Å². The van der Waals surface area contributed by atoms with E-state index in [0.29, 0.717) is 19.6 Å². The van der Waals surface area contributed by atoms with Gasteiger partial charge in [0.2, 0.25) is 17.7 Å². The highest BCUT2D eigenvalue weighted by atomic mass is 35.5. The molecule has 3 N–H and O–H groups in total. The van der Waals surface area contributed by atoms with Gasteiger partial charge in [0.25, 0.3) is 0 Å². The van der Waals surface area contributed by atoms with Crippen molar-refractivity contribution in [1.29, 1.82) is 0 Å². The largest absolute Gasteiger partial charge is 0.496 e. The normalized spacial score (nSPS) is 16.2. The number of ether oxygens (including phenoxy) is 1. The van der Waals surface area contributed by atoms with E-state index in [1.807, 2.05) is 24.3 Å². The van der Waals surface area contributed by atoms with E-state index in [0.717, 1.165) is 11.3 Å². The number of carbonyl (C=O) groups is 3. The first-order valence-electron chi connectivity index (χ1n) is 8.17. The molecule has 0 saturated carbocycles. The Kier molecular flexibility index (Phi) is 8.87. The number of methoxy groups -OCH3 is 1. The van der Waals surface area contributed by atoms with Gasteiger partial charge in [0.05, 0.1) is 26.2 Å². The van der Waals surface area contributed by atoms with Crippen molar-refractivity contribution in [2.45, 2.75) is 13.0 Å². The molecule has 0 bridgehead atoms. The Morgan fingerprint density at radius 2 is 1.96 bits per heavy atom. The molecule has 1 aliphatic heterocycles. The third kappa shape index (κ3) is 5.89. The molecule has 1 aromatic carbocycles. The number of carbonyl (C=O) groups excluding carboxylic acids is 3. The second-order valence-electron chi connectivity index (χ2n) is 5.74. The quantitative estimate of drug-likeness (QED) is 0.633. The van der Waals surface area contributed by atoms with Gasteiger partial charge in [-0.25, -0.2) is 0 Å². The van der Waals surface area contributed by atoms with Gasteiger partial charge in [-0.15, -0.1) is 12.4 Å². The van der Waals surface area contributed by atoms with E-state index in [4.69, 9.17) is 4.74 Å². The number of nitrogens with zero attached hydrogens (tertiary/aromatic N) is 1. The van der Waals surface area contributed by atoms with Crippen LogP contribution in [0.2, 0.25) is 0 Å². The number of piperazine rings is 1. The Morgan fingerprint density at radius 3 is 2.65 bits per heavy atom. The standard InChI is InChI=1S/C17H24N4O4.ClH/c1-12(22)19-10-16(23)20-11-17(24)21-8-7-18-9-14(21)13-5-3-4-6-15(13)25-2;/h3-6,14,18H,7-11H2,1-2H3,(H,19,22)(H,20,23);1H. The van der Waals surface area contributed by atoms with Crippen LogP contribution in [0.15, 0.2) is 24.3 Å². The van der Waals surface area contributed by atoms with Gasteiger partial charge in [0.15, 0.2) is 0 Å². The molecule has 0 radical (unpaired) electrons. The molecule has 1 aromatic rings. The van der Waals surface area contributed by atoms with Crippen molar-refractivity contribution >= 4 is 30.1 Å². The van der Waals surface area contributed by atoms with Crippen LogP contribution in [0.4, 0.5) is 0 Å². The third-order valence-electron chi connectivity index (χ3n) is 4.00. The molecular weight excluding hydrogens is 360 g/mol. The topological polar surface area (TPSA) is 99.8 Å². The molecule has 1 saturated heterocycles. The first-order chi connectivity index (χ1) is 12.0. The zero-order chi connectivity index (χ0) is 18.2. The zero-order valence-electron chi connectivity index (χ0n) is 14.9. The molecule has 1 fully saturated rings. The van der Waals surface area contributed by atoms with Gasteiger partial charge in [-0.05, 0) is 6.07 Å². The van der Waals surface area contributed by atoms with Gasteiger partial charge in [-0.3, -0.25) is 14.4 Å². The van der Waals surface area contributed by atoms with E-state index in [1.54, 1.807) is 12.0 Å². The fourth-order valence-corrected chi connectivity index (χ4v) is 2.77. The summed E-state index contributed by atoms with van der Waals surface area (Å²) in [5, 5.41) is 8.22. The molecule has 26 heavy (non-hydrogen) atoms. The van der Waals surface area contributed by atoms with Crippen LogP contribution in [0, 0.1) is 0 Å². The molecule has 0 aliphatic carbocycles. The van der Waals surface area contributed by atoms with Crippen molar-refractivity contribution in [2.75, 3.05) is 39.8 Å². The second-order valence-corrected chi connectivity index (χ2v) is 5.74. The van der Waals surface area contributed by atoms with Crippen molar-refractivity contribution in [3.05, 3.63) is 29.8 Å². The summed E-state index contributed by atoms with van der Waals surface area (Å²) in [5.41, 5.74) is 0.926. The van der Waals surface area contributed by atoms with Crippen molar-refractivity contribution in [3.63, 3.8) is 0 Å². The Balaban J connectivity index is 0.00000338. The van der Waals surface area contributed by atoms with Crippen molar-refractivity contribution in [3.8, 4) is 5.75 Å². The number of hydrogen-bond acceptors (Lipinski definition) is 5. The van der Waals surface area contributed by atoms with E-state index < -0.39 is 5.91 Å². The Labute approximate surface area is 159 Å². The van der Waals surface area contributed by atoms with Gasteiger partial charge in [0, 0.05) is 32.1 Å². The molecule has 3 amide bonds. The zero-order valence-corrected chi connectivity index (χ0v) is 15.7. The number of halogens is 1. The molecule has 9 heteroatoms. The number of para-hydroxylation sites is 1. The van der Waals surface area contributed by atoms with Crippen LogP contribution in [0.5, 0.6) is 5.75 Å². The molecule has 0 spiro atoms. The molecule has 1 atom stereocenters. The number of amides is 3. The minimum Gasteiger partial charge on any atom is -0.496 e. The van der Waals surface area contributed by atoms with Crippen LogP contribution in [0.3, 0.4) is 0 Å². The van der Waals surface area contributed by atoms with Crippen molar-refractivity contribution < 1.29 is 19.1 Å². The minimum atomic E-state index is -0.396. The summed E-state index contributed by atoms with van der Waals surface area (Å²) in [6.07, 6.45) is 0. The van der Waals surface area contributed by atoms with Gasteiger partial charge >= 0.3 is 0 Å². The molecule has 0 aromatic heterocycles. The number of hydrogen-bond donors (Lipinski definition) is 3. The van der Waals surface area contributed by atoms with Crippen LogP contribution in [-0.4, -0.2) is 62.5 Å². The predicted octanol–water partition coefficient (Wildman–Crippen LogP) is -0.158. The number of benzene rings is 1. The molecule has 1 heterocycles. The Hall–Kier alpha value is -2.32. The van der Waals surface area contributed by atoms with Crippen LogP contribution >= 0.6 is 12.4 Å². The lowest BCUT2D eigenvalue weighted by Gasteiger charge is -2.37. The fraction of sp³-hybridized carbons (Fsp3) is 0.471. The number of rotatable bonds is 6. The van der Waals surface area contributed by atoms with Gasteiger partial charge in [0.1, 0.15) is 5.75 Å². The molecular formula is C17H25ClN4O4. The van der Waals surface area contributed by atoms with Crippen molar-refractivity contribution in [2.24, 2.45) is 0 Å². The highest BCUT2D eigenvalue weighted by Crippen LogP contribution is 2.30. The fourth-order valence-electron chi connectivity index (χ4n) is 2.77. The van der Waals surface area contributed by atoms with Gasteiger partial charge < -0.3 is 25.6 Å². The van der Waals surface area contributed by atoms with Crippen LogP contribution in [0.1, 0.15) is 18.5 Å². The Morgan fingerprint density at radius 1 is 1.23 bits per heavy atom. The van der Waals surface area contributed by atoms with Gasteiger partial charge in [-0.2, -0.15) is 0 Å². The first-order valence-corrected chi connectivity index (χ1v) is 8.17. The van der Waals surface area contributed by atoms with E-state index in [2.05, 4.69) is 16.0 Å². The summed E-state index contributed by atoms with van der Waals surface area (Å²) >= 11 is 0. The van der Waals surface area contributed by atoms with Crippen LogP contribution in [-0.2, 0) is 14.4 Å². The van der Waals surface area contributed by atoms with E-state index in [9.17, 15) is 14.4 Å². The highest BCUT2D eigenvalue weighted by Gasteiger charge is 2.29. The highest BCUT2D eigenvalue weighted by molar-refractivity contribution is 5.88. The average molecular weight is 385 g/mol. The van der Waals surface area contributed by atoms with Gasteiger partial charge in [-0.1, -0.05) is 18.2 Å². The lowest BCUT2D eigenvalue weighted by Crippen LogP contribution is -2.52. The molecule has 144 valence electrons. The third-order valence-corrected chi connectivity index (χ3v) is 4.00. The van der Waals surface area contributed by atoms with E-state index in [-0.39, 0.29) is 43.4 Å². The predicted molar refractivity (Wildman–Crippen MR) is 99.3 cm³/mol. The maximum Gasteiger partial charge on any atom is 0.242 e. The van der Waals surface area contributed by atoms with E-state index >= 15 is 0 Å². The summed E-state index contributed by atoms with van der Waals surface area (Å²) in [7, 11) is 1.60. The molecule has 1 aliphatic rings. The molecule has 8 nitrogen and oxygen atoms in total. The second kappa shape index (κ2) is 10.6. The maximum absolute atomic E-state index is 12.6. The minimum absolute atomic E-state index is 0. The summed E-state index contributed by atoms with van der Waals surface area (Å²) in [5.74, 6) is -0.135. The molecule has 2 rings (SSSR count).